The molecule has 1 aliphatic heterocycles. The van der Waals surface area contributed by atoms with Crippen LogP contribution in [-0.4, -0.2) is 29.5 Å². The number of ether oxygens (including phenoxy) is 3. The van der Waals surface area contributed by atoms with Crippen LogP contribution < -0.4 is 0 Å². The van der Waals surface area contributed by atoms with Crippen molar-refractivity contribution in [2.75, 3.05) is 7.11 Å². The lowest BCUT2D eigenvalue weighted by atomic mass is 10.0. The summed E-state index contributed by atoms with van der Waals surface area (Å²) in [5.41, 5.74) is 1.00. The molecule has 0 spiro atoms. The van der Waals surface area contributed by atoms with Crippen molar-refractivity contribution < 1.29 is 24.2 Å². The third-order valence-corrected chi connectivity index (χ3v) is 3.88. The highest BCUT2D eigenvalue weighted by molar-refractivity contribution is 5.42. The number of benzene rings is 2. The number of nitro groups is 1. The molecule has 1 heterocycles. The second-order valence-electron chi connectivity index (χ2n) is 5.34. The standard InChI is InChI=1S/C17H17NO6/c1-22-16(19)15-14(12-9-5-6-10-13(12)18(20)21)23-17(24-15)11-7-3-2-4-8-11/h2-10,14-17,19H,1H3/t14-,15?,16?,17?/m1/s1. The lowest BCUT2D eigenvalue weighted by Gasteiger charge is -2.20. The summed E-state index contributed by atoms with van der Waals surface area (Å²) in [6, 6.07) is 15.4. The molecule has 0 radical (unpaired) electrons. The molecule has 0 amide bonds. The van der Waals surface area contributed by atoms with Gasteiger partial charge in [0.2, 0.25) is 0 Å². The molecule has 7 nitrogen and oxygen atoms in total. The van der Waals surface area contributed by atoms with Gasteiger partial charge in [0.15, 0.2) is 12.6 Å². The summed E-state index contributed by atoms with van der Waals surface area (Å²) in [5, 5.41) is 21.4. The smallest absolute Gasteiger partial charge is 0.275 e. The van der Waals surface area contributed by atoms with Crippen molar-refractivity contribution >= 4 is 5.69 Å². The molecule has 1 aliphatic rings. The lowest BCUT2D eigenvalue weighted by Crippen LogP contribution is -2.32. The molecule has 2 aromatic carbocycles. The van der Waals surface area contributed by atoms with Gasteiger partial charge in [-0.2, -0.15) is 0 Å². The first-order valence-electron chi connectivity index (χ1n) is 7.42. The quantitative estimate of drug-likeness (QED) is 0.514. The number of hydrogen-bond donors (Lipinski definition) is 1. The van der Waals surface area contributed by atoms with E-state index in [1.807, 2.05) is 30.3 Å². The molecule has 1 N–H and O–H groups in total. The summed E-state index contributed by atoms with van der Waals surface area (Å²) >= 11 is 0. The van der Waals surface area contributed by atoms with Crippen molar-refractivity contribution in [2.24, 2.45) is 0 Å². The summed E-state index contributed by atoms with van der Waals surface area (Å²) in [5.74, 6) is 0. The van der Waals surface area contributed by atoms with Crippen LogP contribution in [0.5, 0.6) is 0 Å². The number of aliphatic hydroxyl groups excluding tert-OH is 1. The van der Waals surface area contributed by atoms with Crippen LogP contribution in [0.15, 0.2) is 54.6 Å². The van der Waals surface area contributed by atoms with Crippen molar-refractivity contribution in [1.82, 2.24) is 0 Å². The average Bonchev–Trinajstić information content (AvgIpc) is 3.07. The van der Waals surface area contributed by atoms with Gasteiger partial charge >= 0.3 is 0 Å². The Bertz CT molecular complexity index is 707. The van der Waals surface area contributed by atoms with Crippen LogP contribution >= 0.6 is 0 Å². The summed E-state index contributed by atoms with van der Waals surface area (Å²) in [6.07, 6.45) is -3.73. The molecule has 0 bridgehead atoms. The lowest BCUT2D eigenvalue weighted by molar-refractivity contribution is -0.386. The molecule has 1 saturated heterocycles. The first-order valence-corrected chi connectivity index (χ1v) is 7.42. The molecule has 0 aromatic heterocycles. The SMILES string of the molecule is COC(O)C1OC(c2ccccc2)O[C@@H]1c1ccccc1[N+](=O)[O-]. The molecule has 4 atom stereocenters. The van der Waals surface area contributed by atoms with Crippen LogP contribution in [0.25, 0.3) is 0 Å². The monoisotopic (exact) mass is 331 g/mol. The predicted molar refractivity (Wildman–Crippen MR) is 84.0 cm³/mol. The third-order valence-electron chi connectivity index (χ3n) is 3.88. The maximum atomic E-state index is 11.3. The fourth-order valence-corrected chi connectivity index (χ4v) is 2.72. The van der Waals surface area contributed by atoms with Gasteiger partial charge < -0.3 is 19.3 Å². The second-order valence-corrected chi connectivity index (χ2v) is 5.34. The van der Waals surface area contributed by atoms with E-state index >= 15 is 0 Å². The zero-order valence-corrected chi connectivity index (χ0v) is 12.9. The summed E-state index contributed by atoms with van der Waals surface area (Å²) < 4.78 is 16.6. The summed E-state index contributed by atoms with van der Waals surface area (Å²) in [4.78, 5) is 10.8. The normalized spacial score (nSPS) is 24.7. The fraction of sp³-hybridized carbons (Fsp3) is 0.294. The van der Waals surface area contributed by atoms with E-state index in [2.05, 4.69) is 0 Å². The van der Waals surface area contributed by atoms with E-state index in [1.165, 1.54) is 13.2 Å². The molecular weight excluding hydrogens is 314 g/mol. The number of hydrogen-bond acceptors (Lipinski definition) is 6. The Morgan fingerprint density at radius 1 is 1.12 bits per heavy atom. The van der Waals surface area contributed by atoms with Gasteiger partial charge in [0.25, 0.3) is 5.69 Å². The predicted octanol–water partition coefficient (Wildman–Crippen LogP) is 2.71. The molecule has 126 valence electrons. The average molecular weight is 331 g/mol. The Balaban J connectivity index is 1.97. The number of para-hydroxylation sites is 1. The van der Waals surface area contributed by atoms with E-state index in [9.17, 15) is 15.2 Å². The zero-order valence-electron chi connectivity index (χ0n) is 12.9. The van der Waals surface area contributed by atoms with Gasteiger partial charge in [0.1, 0.15) is 12.2 Å². The molecular formula is C17H17NO6. The fourth-order valence-electron chi connectivity index (χ4n) is 2.72. The van der Waals surface area contributed by atoms with Gasteiger partial charge in [-0.1, -0.05) is 42.5 Å². The van der Waals surface area contributed by atoms with Crippen LogP contribution in [0.1, 0.15) is 23.5 Å². The van der Waals surface area contributed by atoms with E-state index in [0.717, 1.165) is 5.56 Å². The molecule has 7 heteroatoms. The molecule has 2 aromatic rings. The van der Waals surface area contributed by atoms with Crippen molar-refractivity contribution in [2.45, 2.75) is 24.8 Å². The minimum Gasteiger partial charge on any atom is -0.366 e. The van der Waals surface area contributed by atoms with Crippen LogP contribution in [0.2, 0.25) is 0 Å². The van der Waals surface area contributed by atoms with Crippen molar-refractivity contribution in [3.05, 3.63) is 75.8 Å². The minimum absolute atomic E-state index is 0.0897. The van der Waals surface area contributed by atoms with Gasteiger partial charge in [0.05, 0.1) is 10.5 Å². The highest BCUT2D eigenvalue weighted by Gasteiger charge is 2.44. The summed E-state index contributed by atoms with van der Waals surface area (Å²) in [7, 11) is 1.33. The Morgan fingerprint density at radius 2 is 1.79 bits per heavy atom. The first-order chi connectivity index (χ1) is 11.6. The van der Waals surface area contributed by atoms with Gasteiger partial charge in [-0.15, -0.1) is 0 Å². The first kappa shape index (κ1) is 16.5. The maximum Gasteiger partial charge on any atom is 0.275 e. The minimum atomic E-state index is -1.27. The Hall–Kier alpha value is -2.32. The molecule has 0 saturated carbocycles. The van der Waals surface area contributed by atoms with Gasteiger partial charge in [-0.05, 0) is 6.07 Å². The van der Waals surface area contributed by atoms with Gasteiger partial charge in [0, 0.05) is 18.7 Å². The molecule has 3 rings (SSSR count). The van der Waals surface area contributed by atoms with E-state index in [0.29, 0.717) is 5.56 Å². The Morgan fingerprint density at radius 3 is 2.46 bits per heavy atom. The number of nitrogens with zero attached hydrogens (tertiary/aromatic N) is 1. The van der Waals surface area contributed by atoms with E-state index < -0.39 is 29.7 Å². The van der Waals surface area contributed by atoms with Crippen LogP contribution in [0.4, 0.5) is 5.69 Å². The highest BCUT2D eigenvalue weighted by atomic mass is 16.8. The zero-order chi connectivity index (χ0) is 17.1. The van der Waals surface area contributed by atoms with Gasteiger partial charge in [-0.3, -0.25) is 10.1 Å². The number of nitro benzene ring substituents is 1. The Labute approximate surface area is 138 Å². The van der Waals surface area contributed by atoms with Crippen LogP contribution in [0, 0.1) is 10.1 Å². The summed E-state index contributed by atoms with van der Waals surface area (Å²) in [6.45, 7) is 0. The van der Waals surface area contributed by atoms with E-state index in [-0.39, 0.29) is 5.69 Å². The van der Waals surface area contributed by atoms with Crippen LogP contribution in [-0.2, 0) is 14.2 Å². The highest BCUT2D eigenvalue weighted by Crippen LogP contribution is 2.43. The van der Waals surface area contributed by atoms with E-state index in [4.69, 9.17) is 14.2 Å². The van der Waals surface area contributed by atoms with Gasteiger partial charge in [-0.25, -0.2) is 0 Å². The van der Waals surface area contributed by atoms with E-state index in [1.54, 1.807) is 18.2 Å². The second kappa shape index (κ2) is 7.06. The number of methoxy groups -OCH3 is 1. The molecule has 1 fully saturated rings. The third kappa shape index (κ3) is 3.15. The topological polar surface area (TPSA) is 91.1 Å². The largest absolute Gasteiger partial charge is 0.366 e. The van der Waals surface area contributed by atoms with Crippen molar-refractivity contribution in [1.29, 1.82) is 0 Å². The molecule has 3 unspecified atom stereocenters. The number of rotatable bonds is 5. The molecule has 0 aliphatic carbocycles. The number of aliphatic hydroxyl groups is 1. The van der Waals surface area contributed by atoms with Crippen molar-refractivity contribution in [3.63, 3.8) is 0 Å². The maximum absolute atomic E-state index is 11.3. The Kier molecular flexibility index (Phi) is 4.86. The molecule has 24 heavy (non-hydrogen) atoms. The van der Waals surface area contributed by atoms with Crippen molar-refractivity contribution in [3.8, 4) is 0 Å². The van der Waals surface area contributed by atoms with Crippen LogP contribution in [0.3, 0.4) is 0 Å².